The van der Waals surface area contributed by atoms with Gasteiger partial charge in [0.05, 0.1) is 18.9 Å². The summed E-state index contributed by atoms with van der Waals surface area (Å²) in [5, 5.41) is 0. The number of hydrogen-bond acceptors (Lipinski definition) is 4. The van der Waals surface area contributed by atoms with E-state index < -0.39 is 0 Å². The molecule has 0 bridgehead atoms. The van der Waals surface area contributed by atoms with Gasteiger partial charge in [-0.15, -0.1) is 0 Å². The Bertz CT molecular complexity index is 307. The maximum Gasteiger partial charge on any atom is 0.0876 e. The Morgan fingerprint density at radius 3 is 2.42 bits per heavy atom. The minimum absolute atomic E-state index is 0.0334. The van der Waals surface area contributed by atoms with E-state index in [0.29, 0.717) is 0 Å². The number of ether oxygens (including phenoxy) is 1. The summed E-state index contributed by atoms with van der Waals surface area (Å²) in [7, 11) is 0. The molecule has 4 nitrogen and oxygen atoms in total. The van der Waals surface area contributed by atoms with Gasteiger partial charge in [0, 0.05) is 5.54 Å². The predicted molar refractivity (Wildman–Crippen MR) is 78.5 cm³/mol. The third-order valence-electron chi connectivity index (χ3n) is 4.63. The fourth-order valence-corrected chi connectivity index (χ4v) is 3.39. The van der Waals surface area contributed by atoms with Crippen molar-refractivity contribution in [1.82, 2.24) is 10.3 Å². The minimum Gasteiger partial charge on any atom is -0.501 e. The van der Waals surface area contributed by atoms with Gasteiger partial charge in [-0.1, -0.05) is 12.8 Å². The lowest BCUT2D eigenvalue weighted by atomic mass is 9.85. The van der Waals surface area contributed by atoms with Crippen LogP contribution < -0.4 is 11.3 Å². The predicted octanol–water partition coefficient (Wildman–Crippen LogP) is 2.17. The van der Waals surface area contributed by atoms with E-state index in [-0.39, 0.29) is 11.6 Å². The van der Waals surface area contributed by atoms with Crippen molar-refractivity contribution in [3.05, 3.63) is 11.8 Å². The molecular formula is C15H29N3O. The summed E-state index contributed by atoms with van der Waals surface area (Å²) in [4.78, 5) is 2.60. The molecule has 1 fully saturated rings. The molecule has 19 heavy (non-hydrogen) atoms. The van der Waals surface area contributed by atoms with E-state index >= 15 is 0 Å². The summed E-state index contributed by atoms with van der Waals surface area (Å²) in [5.41, 5.74) is 4.38. The molecule has 2 heterocycles. The highest BCUT2D eigenvalue weighted by Crippen LogP contribution is 2.29. The average molecular weight is 267 g/mol. The molecule has 1 saturated heterocycles. The molecule has 3 N–H and O–H groups in total. The summed E-state index contributed by atoms with van der Waals surface area (Å²) in [5.74, 6) is 5.86. The molecule has 2 rings (SSSR count). The first-order valence-electron chi connectivity index (χ1n) is 7.68. The Hall–Kier alpha value is -0.580. The Labute approximate surface area is 117 Å². The van der Waals surface area contributed by atoms with Crippen LogP contribution in [0.5, 0.6) is 0 Å². The fraction of sp³-hybridized carbons (Fsp3) is 0.867. The molecule has 0 aromatic rings. The summed E-state index contributed by atoms with van der Waals surface area (Å²) in [6, 6.07) is 0.172. The lowest BCUT2D eigenvalue weighted by Crippen LogP contribution is -2.60. The van der Waals surface area contributed by atoms with Crippen molar-refractivity contribution in [2.45, 2.75) is 64.0 Å². The summed E-state index contributed by atoms with van der Waals surface area (Å²) >= 11 is 0. The lowest BCUT2D eigenvalue weighted by Gasteiger charge is -2.45. The minimum atomic E-state index is 0.0334. The number of rotatable bonds is 4. The largest absolute Gasteiger partial charge is 0.501 e. The molecule has 0 radical (unpaired) electrons. The van der Waals surface area contributed by atoms with Gasteiger partial charge in [0.25, 0.3) is 0 Å². The zero-order valence-corrected chi connectivity index (χ0v) is 12.5. The van der Waals surface area contributed by atoms with Crippen molar-refractivity contribution >= 4 is 0 Å². The van der Waals surface area contributed by atoms with Gasteiger partial charge in [0.15, 0.2) is 0 Å². The van der Waals surface area contributed by atoms with E-state index in [9.17, 15) is 0 Å². The van der Waals surface area contributed by atoms with E-state index in [1.54, 1.807) is 0 Å². The molecule has 2 aliphatic heterocycles. The first-order chi connectivity index (χ1) is 9.16. The van der Waals surface area contributed by atoms with Gasteiger partial charge in [-0.2, -0.15) is 0 Å². The monoisotopic (exact) mass is 267 g/mol. The second kappa shape index (κ2) is 6.73. The van der Waals surface area contributed by atoms with Crippen LogP contribution in [0.25, 0.3) is 0 Å². The molecule has 0 saturated carbocycles. The molecule has 110 valence electrons. The van der Waals surface area contributed by atoms with Gasteiger partial charge in [0.1, 0.15) is 0 Å². The van der Waals surface area contributed by atoms with E-state index in [1.165, 1.54) is 44.3 Å². The molecule has 1 unspecified atom stereocenters. The first kappa shape index (κ1) is 14.8. The Kier molecular flexibility index (Phi) is 5.25. The zero-order valence-electron chi connectivity index (χ0n) is 12.5. The van der Waals surface area contributed by atoms with Crippen molar-refractivity contribution < 1.29 is 4.74 Å². The summed E-state index contributed by atoms with van der Waals surface area (Å²) < 4.78 is 5.50. The molecule has 0 amide bonds. The smallest absolute Gasteiger partial charge is 0.0876 e. The number of hydrogen-bond donors (Lipinski definition) is 2. The van der Waals surface area contributed by atoms with Crippen LogP contribution in [0.15, 0.2) is 11.8 Å². The van der Waals surface area contributed by atoms with E-state index in [2.05, 4.69) is 24.2 Å². The molecule has 0 aromatic carbocycles. The third-order valence-corrected chi connectivity index (χ3v) is 4.63. The Morgan fingerprint density at radius 2 is 1.89 bits per heavy atom. The molecule has 2 aliphatic rings. The standard InChI is InChI=1S/C15H29N3O/c1-15(2,18-9-5-3-4-6-10-18)14(17-16)13-8-7-11-19-12-13/h12,14,17H,3-11,16H2,1-2H3. The number of nitrogens with zero attached hydrogens (tertiary/aromatic N) is 1. The van der Waals surface area contributed by atoms with Crippen molar-refractivity contribution in [3.8, 4) is 0 Å². The van der Waals surface area contributed by atoms with E-state index in [4.69, 9.17) is 10.6 Å². The Morgan fingerprint density at radius 1 is 1.21 bits per heavy atom. The van der Waals surface area contributed by atoms with Crippen molar-refractivity contribution in [3.63, 3.8) is 0 Å². The maximum absolute atomic E-state index is 5.86. The van der Waals surface area contributed by atoms with Crippen LogP contribution in [-0.4, -0.2) is 36.2 Å². The zero-order chi connectivity index (χ0) is 13.7. The summed E-state index contributed by atoms with van der Waals surface area (Å²) in [6.45, 7) is 7.81. The topological polar surface area (TPSA) is 50.5 Å². The van der Waals surface area contributed by atoms with Gasteiger partial charge in [-0.3, -0.25) is 16.2 Å². The second-order valence-corrected chi connectivity index (χ2v) is 6.32. The van der Waals surface area contributed by atoms with Crippen LogP contribution in [-0.2, 0) is 4.74 Å². The van der Waals surface area contributed by atoms with Crippen molar-refractivity contribution in [2.24, 2.45) is 5.84 Å². The molecule has 4 heteroatoms. The van der Waals surface area contributed by atoms with Crippen LogP contribution in [0.1, 0.15) is 52.4 Å². The number of likely N-dealkylation sites (tertiary alicyclic amines) is 1. The fourth-order valence-electron chi connectivity index (χ4n) is 3.39. The van der Waals surface area contributed by atoms with E-state index in [0.717, 1.165) is 19.4 Å². The van der Waals surface area contributed by atoms with Crippen LogP contribution in [0.4, 0.5) is 0 Å². The number of hydrazine groups is 1. The van der Waals surface area contributed by atoms with Crippen LogP contribution in [0.3, 0.4) is 0 Å². The van der Waals surface area contributed by atoms with Crippen molar-refractivity contribution in [1.29, 1.82) is 0 Å². The van der Waals surface area contributed by atoms with Gasteiger partial charge < -0.3 is 4.74 Å². The highest BCUT2D eigenvalue weighted by atomic mass is 16.5. The van der Waals surface area contributed by atoms with Crippen molar-refractivity contribution in [2.75, 3.05) is 19.7 Å². The number of nitrogens with two attached hydrogens (primary N) is 1. The SMILES string of the molecule is CC(C)(C(NN)C1=COCCC1)N1CCCCCC1. The van der Waals surface area contributed by atoms with Crippen LogP contribution in [0.2, 0.25) is 0 Å². The number of nitrogens with one attached hydrogen (secondary N) is 1. The Balaban J connectivity index is 2.11. The normalized spacial score (nSPS) is 24.3. The molecule has 0 aromatic heterocycles. The molecule has 0 spiro atoms. The lowest BCUT2D eigenvalue weighted by molar-refractivity contribution is 0.0897. The second-order valence-electron chi connectivity index (χ2n) is 6.32. The first-order valence-corrected chi connectivity index (χ1v) is 7.68. The third kappa shape index (κ3) is 3.50. The molecule has 1 atom stereocenters. The average Bonchev–Trinajstić information content (AvgIpc) is 2.70. The van der Waals surface area contributed by atoms with Gasteiger partial charge in [-0.25, -0.2) is 0 Å². The highest BCUT2D eigenvalue weighted by molar-refractivity contribution is 5.17. The maximum atomic E-state index is 5.86. The summed E-state index contributed by atoms with van der Waals surface area (Å²) in [6.07, 6.45) is 9.44. The highest BCUT2D eigenvalue weighted by Gasteiger charge is 2.37. The van der Waals surface area contributed by atoms with Crippen LogP contribution in [0, 0.1) is 0 Å². The molecule has 0 aliphatic carbocycles. The van der Waals surface area contributed by atoms with Gasteiger partial charge >= 0.3 is 0 Å². The quantitative estimate of drug-likeness (QED) is 0.605. The molecular weight excluding hydrogens is 238 g/mol. The van der Waals surface area contributed by atoms with E-state index in [1.807, 2.05) is 6.26 Å². The van der Waals surface area contributed by atoms with Gasteiger partial charge in [0.2, 0.25) is 0 Å². The van der Waals surface area contributed by atoms with Gasteiger partial charge in [-0.05, 0) is 58.2 Å². The van der Waals surface area contributed by atoms with Crippen LogP contribution >= 0.6 is 0 Å².